The summed E-state index contributed by atoms with van der Waals surface area (Å²) in [5, 5.41) is 10.4. The fraction of sp³-hybridized carbons (Fsp3) is 0.682. The summed E-state index contributed by atoms with van der Waals surface area (Å²) in [6.07, 6.45) is 31.0. The molecule has 8 nitrogen and oxygen atoms in total. The molecule has 1 N–H and O–H groups in total. The van der Waals surface area contributed by atoms with Gasteiger partial charge in [-0.1, -0.05) is 105 Å². The summed E-state index contributed by atoms with van der Waals surface area (Å²) < 4.78 is 5.32. The molecule has 6 saturated carbocycles. The third kappa shape index (κ3) is 7.25. The van der Waals surface area contributed by atoms with Crippen molar-refractivity contribution in [2.75, 3.05) is 13.1 Å². The molecule has 0 bridgehead atoms. The molecule has 0 aromatic heterocycles. The second kappa shape index (κ2) is 17.1. The lowest BCUT2D eigenvalue weighted by Gasteiger charge is -2.70. The first-order chi connectivity index (χ1) is 34.4. The van der Waals surface area contributed by atoms with Crippen LogP contribution in [0.25, 0.3) is 0 Å². The summed E-state index contributed by atoms with van der Waals surface area (Å²) in [6.45, 7) is 32.9. The molecular formula is C66H89NO7. The van der Waals surface area contributed by atoms with Gasteiger partial charge in [0.25, 0.3) is 0 Å². The zero-order valence-electron chi connectivity index (χ0n) is 47.9. The lowest BCUT2D eigenvalue weighted by atomic mass is 9.34. The van der Waals surface area contributed by atoms with E-state index in [0.717, 1.165) is 131 Å². The van der Waals surface area contributed by atoms with Crippen molar-refractivity contribution in [3.05, 3.63) is 92.6 Å². The van der Waals surface area contributed by atoms with Gasteiger partial charge in [0, 0.05) is 52.8 Å². The molecule has 12 atom stereocenters. The van der Waals surface area contributed by atoms with E-state index in [9.17, 15) is 29.1 Å². The van der Waals surface area contributed by atoms with E-state index in [4.69, 9.17) is 4.74 Å². The van der Waals surface area contributed by atoms with E-state index >= 15 is 0 Å². The number of ether oxygens (including phenoxy) is 1. The van der Waals surface area contributed by atoms with Crippen molar-refractivity contribution in [3.63, 3.8) is 0 Å². The number of rotatable bonds is 3. The Bertz CT molecular complexity index is 2820. The van der Waals surface area contributed by atoms with E-state index in [1.807, 2.05) is 13.8 Å². The first-order valence-electron chi connectivity index (χ1n) is 28.9. The number of allylic oxidation sites excluding steroid dienone is 14. The number of nitrogens with zero attached hydrogens (tertiary/aromatic N) is 1. The van der Waals surface area contributed by atoms with Crippen LogP contribution in [0.4, 0.5) is 0 Å². The highest BCUT2D eigenvalue weighted by Crippen LogP contribution is 2.77. The molecule has 1 aliphatic heterocycles. The van der Waals surface area contributed by atoms with Crippen LogP contribution in [-0.2, 0) is 28.7 Å². The maximum absolute atomic E-state index is 14.0. The number of aliphatic hydroxyl groups is 1. The van der Waals surface area contributed by atoms with E-state index in [0.29, 0.717) is 29.1 Å². The lowest BCUT2D eigenvalue weighted by Crippen LogP contribution is -2.62. The molecule has 11 aliphatic rings. The summed E-state index contributed by atoms with van der Waals surface area (Å²) in [4.78, 5) is 66.4. The summed E-state index contributed by atoms with van der Waals surface area (Å²) in [7, 11) is 0. The quantitative estimate of drug-likeness (QED) is 0.280. The van der Waals surface area contributed by atoms with E-state index in [2.05, 4.69) is 98.4 Å². The molecule has 0 aromatic carbocycles. The Morgan fingerprint density at radius 2 is 1.00 bits per heavy atom. The van der Waals surface area contributed by atoms with Gasteiger partial charge in [0.1, 0.15) is 5.78 Å². The second-order valence-corrected chi connectivity index (χ2v) is 28.7. The molecular weight excluding hydrogens is 919 g/mol. The second-order valence-electron chi connectivity index (χ2n) is 28.7. The van der Waals surface area contributed by atoms with Crippen molar-refractivity contribution in [2.24, 2.45) is 66.0 Å². The highest BCUT2D eigenvalue weighted by atomic mass is 16.5. The number of esters is 1. The average Bonchev–Trinajstić information content (AvgIpc) is 3.35. The summed E-state index contributed by atoms with van der Waals surface area (Å²) >= 11 is 0. The van der Waals surface area contributed by atoms with Gasteiger partial charge in [0.15, 0.2) is 11.5 Å². The maximum Gasteiger partial charge on any atom is 0.308 e. The third-order valence-corrected chi connectivity index (χ3v) is 25.0. The third-order valence-electron chi connectivity index (χ3n) is 25.0. The van der Waals surface area contributed by atoms with Crippen molar-refractivity contribution in [3.8, 4) is 0 Å². The zero-order valence-corrected chi connectivity index (χ0v) is 47.9. The SMILES string of the molecule is CC(=O)OC1=C(C)C2=CC=C3[C@@](C)(CC[C@@]4(C)[C@@H]5C[C@](C)(C(C)=O)CC[C@]5(C)CC[C@]34C)C2=CC1=O.CC1=C(O)C(=O)C=C2C1=CC=C1[C@@]2(C)CC[C@@]2(C)[C@@H]3C[C@](C)(C(=O)N4CCCCC4)CC[C@]3(C)CC[C@]12C. The minimum atomic E-state index is -0.468. The maximum atomic E-state index is 14.0. The smallest absolute Gasteiger partial charge is 0.308 e. The van der Waals surface area contributed by atoms with Crippen LogP contribution in [0.1, 0.15) is 206 Å². The van der Waals surface area contributed by atoms with Gasteiger partial charge in [-0.25, -0.2) is 0 Å². The highest BCUT2D eigenvalue weighted by molar-refractivity contribution is 6.08. The molecule has 1 heterocycles. The molecule has 8 heteroatoms. The number of fused-ring (bicyclic) bond motifs is 14. The number of carbonyl (C=O) groups excluding carboxylic acids is 5. The van der Waals surface area contributed by atoms with Crippen LogP contribution >= 0.6 is 0 Å². The van der Waals surface area contributed by atoms with Crippen molar-refractivity contribution in [1.82, 2.24) is 4.90 Å². The summed E-state index contributed by atoms with van der Waals surface area (Å²) in [6, 6.07) is 0. The molecule has 400 valence electrons. The van der Waals surface area contributed by atoms with E-state index < -0.39 is 5.97 Å². The number of hydrogen-bond acceptors (Lipinski definition) is 7. The molecule has 0 aromatic rings. The normalized spacial score (nSPS) is 44.2. The Morgan fingerprint density at radius 1 is 0.554 bits per heavy atom. The van der Waals surface area contributed by atoms with Crippen LogP contribution in [0.3, 0.4) is 0 Å². The number of aliphatic hydroxyl groups excluding tert-OH is 1. The van der Waals surface area contributed by atoms with Crippen molar-refractivity contribution >= 4 is 29.2 Å². The number of likely N-dealkylation sites (tertiary alicyclic amines) is 1. The Kier molecular flexibility index (Phi) is 12.3. The molecule has 74 heavy (non-hydrogen) atoms. The number of ketones is 3. The summed E-state index contributed by atoms with van der Waals surface area (Å²) in [5.41, 5.74) is 8.35. The van der Waals surface area contributed by atoms with Gasteiger partial charge < -0.3 is 14.7 Å². The minimum Gasteiger partial charge on any atom is -0.504 e. The van der Waals surface area contributed by atoms with Crippen molar-refractivity contribution in [2.45, 2.75) is 206 Å². The van der Waals surface area contributed by atoms with Gasteiger partial charge in [0.05, 0.1) is 0 Å². The van der Waals surface area contributed by atoms with Gasteiger partial charge in [-0.2, -0.15) is 0 Å². The van der Waals surface area contributed by atoms with E-state index in [-0.39, 0.29) is 77.2 Å². The summed E-state index contributed by atoms with van der Waals surface area (Å²) in [5.74, 6) is 0.832. The van der Waals surface area contributed by atoms with Crippen LogP contribution in [0, 0.1) is 66.0 Å². The molecule has 0 unspecified atom stereocenters. The first-order valence-corrected chi connectivity index (χ1v) is 28.9. The van der Waals surface area contributed by atoms with Crippen molar-refractivity contribution in [1.29, 1.82) is 0 Å². The molecule has 7 fully saturated rings. The Balaban J connectivity index is 0.000000170. The van der Waals surface area contributed by atoms with Crippen LogP contribution in [0.2, 0.25) is 0 Å². The molecule has 10 aliphatic carbocycles. The molecule has 0 spiro atoms. The van der Waals surface area contributed by atoms with Crippen LogP contribution in [0.15, 0.2) is 92.6 Å². The minimum absolute atomic E-state index is 0.000370. The number of carbonyl (C=O) groups is 5. The Hall–Kier alpha value is -4.33. The van der Waals surface area contributed by atoms with Crippen LogP contribution < -0.4 is 0 Å². The average molecular weight is 1010 g/mol. The Morgan fingerprint density at radius 3 is 1.49 bits per heavy atom. The number of amides is 1. The number of piperidine rings is 1. The van der Waals surface area contributed by atoms with Crippen molar-refractivity contribution < 1.29 is 33.8 Å². The predicted molar refractivity (Wildman–Crippen MR) is 292 cm³/mol. The van der Waals surface area contributed by atoms with Crippen LogP contribution in [0.5, 0.6) is 0 Å². The Labute approximate surface area is 443 Å². The monoisotopic (exact) mass is 1010 g/mol. The first kappa shape index (κ1) is 53.1. The number of Topliss-reactive ketones (excluding diaryl/α,β-unsaturated/α-hetero) is 1. The van der Waals surface area contributed by atoms with Gasteiger partial charge >= 0.3 is 5.97 Å². The predicted octanol–water partition coefficient (Wildman–Crippen LogP) is 14.8. The molecule has 11 rings (SSSR count). The van der Waals surface area contributed by atoms with E-state index in [1.165, 1.54) is 37.3 Å². The lowest BCUT2D eigenvalue weighted by molar-refractivity contribution is -0.175. The zero-order chi connectivity index (χ0) is 53.8. The standard InChI is InChI=1S/C34H47NO3.C32H42O4/c1-22-23-10-11-26-32(4,24(23)20-25(36)28(22)37)15-17-34(6)27-21-31(3,29(38)35-18-8-7-9-19-35)13-12-30(27,2)14-16-33(26,34)5;1-19-22-9-10-25-30(6,23(22)17-24(35)27(19)36-21(3)34)14-16-32(8)26-18-29(5,20(2)33)12-11-28(26,4)13-15-31(25,32)7/h10-11,20,27,37H,7-9,12-19,21H2,1-6H3;9-10,17,26H,11-16,18H2,1-8H3/t27-,30-,31-,32+,33-,34+;26-,28-,29-,30+,31-,32+/m11/s1. The number of hydrogen-bond donors (Lipinski definition) is 1. The van der Waals surface area contributed by atoms with Gasteiger partial charge in [-0.3, -0.25) is 24.0 Å². The molecule has 1 amide bonds. The van der Waals surface area contributed by atoms with Crippen LogP contribution in [-0.4, -0.2) is 52.3 Å². The van der Waals surface area contributed by atoms with Gasteiger partial charge in [-0.15, -0.1) is 0 Å². The van der Waals surface area contributed by atoms with E-state index in [1.54, 1.807) is 19.1 Å². The fourth-order valence-electron chi connectivity index (χ4n) is 19.2. The largest absolute Gasteiger partial charge is 0.504 e. The molecule has 0 radical (unpaired) electrons. The fourth-order valence-corrected chi connectivity index (χ4v) is 19.2. The molecule has 1 saturated heterocycles. The highest BCUT2D eigenvalue weighted by Gasteiger charge is 2.69. The van der Waals surface area contributed by atoms with Gasteiger partial charge in [-0.05, 0) is 209 Å². The topological polar surface area (TPSA) is 118 Å². The van der Waals surface area contributed by atoms with Gasteiger partial charge in [0.2, 0.25) is 17.5 Å².